The zero-order chi connectivity index (χ0) is 19.6. The van der Waals surface area contributed by atoms with Crippen LogP contribution in [-0.4, -0.2) is 30.4 Å². The van der Waals surface area contributed by atoms with Crippen LogP contribution in [0.1, 0.15) is 37.0 Å². The summed E-state index contributed by atoms with van der Waals surface area (Å²) in [5.41, 5.74) is -2.39. The van der Waals surface area contributed by atoms with E-state index in [4.69, 9.17) is 0 Å². The SMILES string of the molecule is CCn1nccc1C(C)NC(=O)Cn1nc(C(F)(F)F)c([N+](=O)[O-])c1C. The summed E-state index contributed by atoms with van der Waals surface area (Å²) in [5.74, 6) is -0.629. The number of nitrogens with one attached hydrogen (secondary N) is 1. The number of nitro groups is 1. The molecule has 0 aliphatic carbocycles. The van der Waals surface area contributed by atoms with E-state index < -0.39 is 41.0 Å². The number of hydrogen-bond acceptors (Lipinski definition) is 5. The molecule has 9 nitrogen and oxygen atoms in total. The van der Waals surface area contributed by atoms with Gasteiger partial charge in [0.05, 0.1) is 16.7 Å². The van der Waals surface area contributed by atoms with Crippen molar-refractivity contribution in [3.8, 4) is 0 Å². The van der Waals surface area contributed by atoms with Gasteiger partial charge in [0, 0.05) is 12.7 Å². The fourth-order valence-electron chi connectivity index (χ4n) is 2.57. The quantitative estimate of drug-likeness (QED) is 0.616. The van der Waals surface area contributed by atoms with Crippen LogP contribution < -0.4 is 5.32 Å². The summed E-state index contributed by atoms with van der Waals surface area (Å²) in [5, 5.41) is 20.8. The molecule has 12 heteroatoms. The van der Waals surface area contributed by atoms with Crippen molar-refractivity contribution in [1.82, 2.24) is 24.9 Å². The van der Waals surface area contributed by atoms with E-state index >= 15 is 0 Å². The molecule has 0 aliphatic rings. The highest BCUT2D eigenvalue weighted by Gasteiger charge is 2.44. The number of carbonyl (C=O) groups excluding carboxylic acids is 1. The summed E-state index contributed by atoms with van der Waals surface area (Å²) >= 11 is 0. The van der Waals surface area contributed by atoms with Crippen LogP contribution in [0.15, 0.2) is 12.3 Å². The summed E-state index contributed by atoms with van der Waals surface area (Å²) in [7, 11) is 0. The van der Waals surface area contributed by atoms with Gasteiger partial charge in [-0.05, 0) is 26.8 Å². The molecule has 2 heterocycles. The van der Waals surface area contributed by atoms with E-state index in [1.54, 1.807) is 23.9 Å². The number of carbonyl (C=O) groups is 1. The van der Waals surface area contributed by atoms with Gasteiger partial charge < -0.3 is 5.32 Å². The maximum atomic E-state index is 12.9. The molecule has 26 heavy (non-hydrogen) atoms. The number of aromatic nitrogens is 4. The second-order valence-electron chi connectivity index (χ2n) is 5.56. The smallest absolute Gasteiger partial charge is 0.346 e. The van der Waals surface area contributed by atoms with Gasteiger partial charge in [-0.1, -0.05) is 0 Å². The summed E-state index contributed by atoms with van der Waals surface area (Å²) in [6.07, 6.45) is -3.42. The molecule has 1 N–H and O–H groups in total. The van der Waals surface area contributed by atoms with Crippen molar-refractivity contribution in [1.29, 1.82) is 0 Å². The Morgan fingerprint density at radius 3 is 2.58 bits per heavy atom. The zero-order valence-electron chi connectivity index (χ0n) is 14.2. The lowest BCUT2D eigenvalue weighted by Crippen LogP contribution is -2.32. The lowest BCUT2D eigenvalue weighted by molar-refractivity contribution is -0.388. The third-order valence-electron chi connectivity index (χ3n) is 3.79. The molecule has 1 atom stereocenters. The highest BCUT2D eigenvalue weighted by atomic mass is 19.4. The Bertz CT molecular complexity index is 826. The fraction of sp³-hybridized carbons (Fsp3) is 0.500. The summed E-state index contributed by atoms with van der Waals surface area (Å²) < 4.78 is 41.1. The fourth-order valence-corrected chi connectivity index (χ4v) is 2.57. The highest BCUT2D eigenvalue weighted by molar-refractivity contribution is 5.76. The van der Waals surface area contributed by atoms with E-state index in [2.05, 4.69) is 15.5 Å². The van der Waals surface area contributed by atoms with E-state index in [9.17, 15) is 28.1 Å². The maximum absolute atomic E-state index is 12.9. The van der Waals surface area contributed by atoms with Crippen LogP contribution in [0.5, 0.6) is 0 Å². The van der Waals surface area contributed by atoms with E-state index in [0.717, 1.165) is 12.6 Å². The third kappa shape index (κ3) is 3.83. The van der Waals surface area contributed by atoms with Gasteiger partial charge in [0.15, 0.2) is 0 Å². The molecular weight excluding hydrogens is 357 g/mol. The van der Waals surface area contributed by atoms with Gasteiger partial charge in [-0.15, -0.1) is 0 Å². The van der Waals surface area contributed by atoms with Crippen molar-refractivity contribution >= 4 is 11.6 Å². The van der Waals surface area contributed by atoms with Crippen LogP contribution in [0.25, 0.3) is 0 Å². The van der Waals surface area contributed by atoms with Crippen molar-refractivity contribution in [2.24, 2.45) is 0 Å². The number of amides is 1. The van der Waals surface area contributed by atoms with Gasteiger partial charge in [-0.2, -0.15) is 23.4 Å². The molecule has 0 spiro atoms. The Kier molecular flexibility index (Phi) is 5.33. The van der Waals surface area contributed by atoms with Crippen molar-refractivity contribution < 1.29 is 22.9 Å². The third-order valence-corrected chi connectivity index (χ3v) is 3.79. The number of nitrogens with zero attached hydrogens (tertiary/aromatic N) is 5. The Hall–Kier alpha value is -2.92. The molecule has 1 unspecified atom stereocenters. The number of halogens is 3. The Morgan fingerprint density at radius 1 is 1.42 bits per heavy atom. The molecule has 0 bridgehead atoms. The number of rotatable bonds is 6. The predicted molar refractivity (Wildman–Crippen MR) is 83.1 cm³/mol. The lowest BCUT2D eigenvalue weighted by Gasteiger charge is -2.15. The topological polar surface area (TPSA) is 108 Å². The standard InChI is InChI=1S/C14H17F3N6O3/c1-4-21-10(5-6-18-21)8(2)19-11(24)7-22-9(3)12(23(25)26)13(20-22)14(15,16)17/h5-6,8H,4,7H2,1-3H3,(H,19,24). The van der Waals surface area contributed by atoms with Crippen molar-refractivity contribution in [3.63, 3.8) is 0 Å². The minimum Gasteiger partial charge on any atom is -0.346 e. The Labute approximate surface area is 145 Å². The zero-order valence-corrected chi connectivity index (χ0v) is 14.2. The van der Waals surface area contributed by atoms with Gasteiger partial charge in [0.25, 0.3) is 0 Å². The first kappa shape index (κ1) is 19.4. The molecule has 1 amide bonds. The van der Waals surface area contributed by atoms with Crippen LogP contribution in [0, 0.1) is 17.0 Å². The average Bonchev–Trinajstić information content (AvgIpc) is 3.11. The summed E-state index contributed by atoms with van der Waals surface area (Å²) in [6.45, 7) is 4.69. The molecule has 2 aromatic heterocycles. The van der Waals surface area contributed by atoms with Crippen molar-refractivity contribution in [2.75, 3.05) is 0 Å². The minimum absolute atomic E-state index is 0.344. The highest BCUT2D eigenvalue weighted by Crippen LogP contribution is 2.36. The minimum atomic E-state index is -4.99. The Balaban J connectivity index is 2.20. The number of alkyl halides is 3. The summed E-state index contributed by atoms with van der Waals surface area (Å²) in [4.78, 5) is 21.9. The van der Waals surface area contributed by atoms with E-state index in [-0.39, 0.29) is 5.69 Å². The second kappa shape index (κ2) is 7.14. The molecule has 0 fully saturated rings. The first-order valence-electron chi connectivity index (χ1n) is 7.66. The molecular formula is C14H17F3N6O3. The average molecular weight is 374 g/mol. The molecule has 0 radical (unpaired) electrons. The van der Waals surface area contributed by atoms with E-state index in [1.807, 2.05) is 6.92 Å². The molecule has 0 saturated carbocycles. The van der Waals surface area contributed by atoms with Gasteiger partial charge in [-0.3, -0.25) is 24.3 Å². The van der Waals surface area contributed by atoms with Gasteiger partial charge in [-0.25, -0.2) is 0 Å². The molecule has 2 aromatic rings. The van der Waals surface area contributed by atoms with Gasteiger partial charge >= 0.3 is 11.9 Å². The first-order chi connectivity index (χ1) is 12.1. The number of hydrogen-bond donors (Lipinski definition) is 1. The van der Waals surface area contributed by atoms with Crippen LogP contribution in [-0.2, 0) is 24.1 Å². The van der Waals surface area contributed by atoms with E-state index in [1.165, 1.54) is 0 Å². The largest absolute Gasteiger partial charge is 0.442 e. The van der Waals surface area contributed by atoms with Crippen LogP contribution >= 0.6 is 0 Å². The monoisotopic (exact) mass is 374 g/mol. The van der Waals surface area contributed by atoms with Crippen molar-refractivity contribution in [3.05, 3.63) is 39.5 Å². The molecule has 142 valence electrons. The van der Waals surface area contributed by atoms with Gasteiger partial charge in [0.2, 0.25) is 11.6 Å². The summed E-state index contributed by atoms with van der Waals surface area (Å²) in [6, 6.07) is 1.26. The molecule has 2 rings (SSSR count). The molecule has 0 aromatic carbocycles. The Morgan fingerprint density at radius 2 is 2.08 bits per heavy atom. The maximum Gasteiger partial charge on any atom is 0.442 e. The normalized spacial score (nSPS) is 12.8. The first-order valence-corrected chi connectivity index (χ1v) is 7.66. The van der Waals surface area contributed by atoms with Crippen molar-refractivity contribution in [2.45, 2.75) is 46.1 Å². The van der Waals surface area contributed by atoms with Crippen LogP contribution in [0.4, 0.5) is 18.9 Å². The van der Waals surface area contributed by atoms with E-state index in [0.29, 0.717) is 11.2 Å². The van der Waals surface area contributed by atoms with Crippen LogP contribution in [0.3, 0.4) is 0 Å². The second-order valence-corrected chi connectivity index (χ2v) is 5.56. The molecule has 0 aliphatic heterocycles. The van der Waals surface area contributed by atoms with Crippen LogP contribution in [0.2, 0.25) is 0 Å². The lowest BCUT2D eigenvalue weighted by atomic mass is 10.2. The molecule has 0 saturated heterocycles. The predicted octanol–water partition coefficient (Wildman–Crippen LogP) is 2.21. The number of aryl methyl sites for hydroxylation is 1. The van der Waals surface area contributed by atoms with Gasteiger partial charge in [0.1, 0.15) is 12.2 Å².